The van der Waals surface area contributed by atoms with E-state index in [0.717, 1.165) is 33.1 Å². The molecule has 31 heavy (non-hydrogen) atoms. The SMILES string of the molecule is COc1ccc(-c2occ(Cn3cc(C)c(=O)[nH]c3=O)c2CSc2ccccc2)cc1. The Kier molecular flexibility index (Phi) is 6.13. The van der Waals surface area contributed by atoms with Crippen LogP contribution in [0.3, 0.4) is 0 Å². The van der Waals surface area contributed by atoms with Crippen molar-refractivity contribution in [3.05, 3.63) is 105 Å². The maximum Gasteiger partial charge on any atom is 0.328 e. The zero-order chi connectivity index (χ0) is 21.8. The number of methoxy groups -OCH3 is 1. The van der Waals surface area contributed by atoms with Crippen LogP contribution in [0, 0.1) is 6.92 Å². The molecule has 2 aromatic carbocycles. The number of furan rings is 1. The molecule has 0 radical (unpaired) electrons. The summed E-state index contributed by atoms with van der Waals surface area (Å²) >= 11 is 1.70. The summed E-state index contributed by atoms with van der Waals surface area (Å²) in [7, 11) is 1.63. The first-order valence-corrected chi connectivity index (χ1v) is 10.8. The van der Waals surface area contributed by atoms with Crippen molar-refractivity contribution in [2.45, 2.75) is 24.1 Å². The molecule has 0 amide bonds. The number of nitrogens with one attached hydrogen (secondary N) is 1. The first-order chi connectivity index (χ1) is 15.0. The van der Waals surface area contributed by atoms with Gasteiger partial charge in [-0.1, -0.05) is 18.2 Å². The van der Waals surface area contributed by atoms with E-state index in [1.54, 1.807) is 38.3 Å². The number of aromatic amines is 1. The summed E-state index contributed by atoms with van der Waals surface area (Å²) in [6.07, 6.45) is 3.27. The summed E-state index contributed by atoms with van der Waals surface area (Å²) < 4.78 is 12.7. The number of hydrogen-bond donors (Lipinski definition) is 1. The molecule has 4 aromatic rings. The van der Waals surface area contributed by atoms with Crippen LogP contribution < -0.4 is 16.0 Å². The minimum atomic E-state index is -0.440. The zero-order valence-corrected chi connectivity index (χ0v) is 18.1. The van der Waals surface area contributed by atoms with Crippen molar-refractivity contribution in [2.24, 2.45) is 0 Å². The van der Waals surface area contributed by atoms with Crippen LogP contribution in [0.5, 0.6) is 5.75 Å². The fourth-order valence-corrected chi connectivity index (χ4v) is 4.26. The van der Waals surface area contributed by atoms with Crippen molar-refractivity contribution >= 4 is 11.8 Å². The van der Waals surface area contributed by atoms with Crippen molar-refractivity contribution in [1.29, 1.82) is 0 Å². The van der Waals surface area contributed by atoms with Gasteiger partial charge in [0.05, 0.1) is 19.9 Å². The molecular formula is C24H22N2O4S. The second-order valence-electron chi connectivity index (χ2n) is 7.10. The number of aromatic nitrogens is 2. The number of thioether (sulfide) groups is 1. The third-order valence-electron chi connectivity index (χ3n) is 4.99. The third kappa shape index (κ3) is 4.67. The number of H-pyrrole nitrogens is 1. The molecule has 0 aliphatic rings. The van der Waals surface area contributed by atoms with Crippen LogP contribution in [0.1, 0.15) is 16.7 Å². The van der Waals surface area contributed by atoms with Gasteiger partial charge in [0.15, 0.2) is 0 Å². The molecule has 158 valence electrons. The van der Waals surface area contributed by atoms with Crippen molar-refractivity contribution in [2.75, 3.05) is 7.11 Å². The number of benzene rings is 2. The van der Waals surface area contributed by atoms with Crippen LogP contribution in [0.2, 0.25) is 0 Å². The van der Waals surface area contributed by atoms with Crippen molar-refractivity contribution in [1.82, 2.24) is 9.55 Å². The molecule has 0 fully saturated rings. The van der Waals surface area contributed by atoms with Gasteiger partial charge in [-0.05, 0) is 43.3 Å². The van der Waals surface area contributed by atoms with Gasteiger partial charge < -0.3 is 9.15 Å². The third-order valence-corrected chi connectivity index (χ3v) is 6.03. The van der Waals surface area contributed by atoms with E-state index in [2.05, 4.69) is 17.1 Å². The lowest BCUT2D eigenvalue weighted by Crippen LogP contribution is -2.31. The fraction of sp³-hybridized carbons (Fsp3) is 0.167. The molecule has 0 saturated carbocycles. The first kappa shape index (κ1) is 20.8. The molecule has 1 N–H and O–H groups in total. The van der Waals surface area contributed by atoms with Crippen molar-refractivity contribution in [3.63, 3.8) is 0 Å². The van der Waals surface area contributed by atoms with E-state index in [-0.39, 0.29) is 5.56 Å². The van der Waals surface area contributed by atoms with Crippen LogP contribution in [0.25, 0.3) is 11.3 Å². The molecule has 0 atom stereocenters. The van der Waals surface area contributed by atoms with Gasteiger partial charge in [-0.2, -0.15) is 0 Å². The Morgan fingerprint density at radius 3 is 2.52 bits per heavy atom. The molecule has 6 nitrogen and oxygen atoms in total. The topological polar surface area (TPSA) is 77.2 Å². The highest BCUT2D eigenvalue weighted by Crippen LogP contribution is 2.34. The Bertz CT molecular complexity index is 1290. The summed E-state index contributed by atoms with van der Waals surface area (Å²) in [5.41, 5.74) is 2.51. The van der Waals surface area contributed by atoms with E-state index < -0.39 is 5.69 Å². The largest absolute Gasteiger partial charge is 0.497 e. The molecule has 0 aliphatic heterocycles. The molecule has 0 spiro atoms. The number of nitrogens with zero attached hydrogens (tertiary/aromatic N) is 1. The van der Waals surface area contributed by atoms with Gasteiger partial charge in [-0.3, -0.25) is 14.3 Å². The Balaban J connectivity index is 1.72. The monoisotopic (exact) mass is 434 g/mol. The predicted octanol–water partition coefficient (Wildman–Crippen LogP) is 4.45. The van der Waals surface area contributed by atoms with Crippen molar-refractivity contribution in [3.8, 4) is 17.1 Å². The van der Waals surface area contributed by atoms with Gasteiger partial charge in [0.2, 0.25) is 0 Å². The molecule has 0 saturated heterocycles. The quantitative estimate of drug-likeness (QED) is 0.435. The molecule has 4 rings (SSSR count). The maximum absolute atomic E-state index is 12.3. The van der Waals surface area contributed by atoms with Crippen molar-refractivity contribution < 1.29 is 9.15 Å². The lowest BCUT2D eigenvalue weighted by Gasteiger charge is -2.09. The van der Waals surface area contributed by atoms with E-state index in [4.69, 9.17) is 9.15 Å². The molecular weight excluding hydrogens is 412 g/mol. The maximum atomic E-state index is 12.3. The highest BCUT2D eigenvalue weighted by Gasteiger charge is 2.17. The normalized spacial score (nSPS) is 10.9. The van der Waals surface area contributed by atoms with Gasteiger partial charge in [-0.15, -0.1) is 11.8 Å². The van der Waals surface area contributed by atoms with Crippen LogP contribution >= 0.6 is 11.8 Å². The van der Waals surface area contributed by atoms with Crippen LogP contribution in [-0.4, -0.2) is 16.7 Å². The Morgan fingerprint density at radius 2 is 1.81 bits per heavy atom. The number of ether oxygens (including phenoxy) is 1. The lowest BCUT2D eigenvalue weighted by atomic mass is 10.1. The fourth-order valence-electron chi connectivity index (χ4n) is 3.29. The highest BCUT2D eigenvalue weighted by molar-refractivity contribution is 7.98. The van der Waals surface area contributed by atoms with Gasteiger partial charge in [-0.25, -0.2) is 4.79 Å². The first-order valence-electron chi connectivity index (χ1n) is 9.77. The van der Waals surface area contributed by atoms with E-state index >= 15 is 0 Å². The van der Waals surface area contributed by atoms with Gasteiger partial charge in [0.25, 0.3) is 5.56 Å². The second kappa shape index (κ2) is 9.14. The number of aryl methyl sites for hydroxylation is 1. The van der Waals surface area contributed by atoms with Crippen LogP contribution in [0.15, 0.2) is 86.0 Å². The molecule has 0 bridgehead atoms. The molecule has 7 heteroatoms. The Morgan fingerprint density at radius 1 is 1.06 bits per heavy atom. The Hall–Kier alpha value is -3.45. The molecule has 2 heterocycles. The minimum Gasteiger partial charge on any atom is -0.497 e. The van der Waals surface area contributed by atoms with Gasteiger partial charge in [0, 0.05) is 39.1 Å². The molecule has 0 aliphatic carbocycles. The average molecular weight is 435 g/mol. The smallest absolute Gasteiger partial charge is 0.328 e. The summed E-state index contributed by atoms with van der Waals surface area (Å²) in [5.74, 6) is 2.20. The van der Waals surface area contributed by atoms with E-state index in [1.165, 1.54) is 4.57 Å². The van der Waals surface area contributed by atoms with Crippen LogP contribution in [-0.2, 0) is 12.3 Å². The minimum absolute atomic E-state index is 0.306. The van der Waals surface area contributed by atoms with E-state index in [1.807, 2.05) is 42.5 Å². The zero-order valence-electron chi connectivity index (χ0n) is 17.3. The highest BCUT2D eigenvalue weighted by atomic mass is 32.2. The van der Waals surface area contributed by atoms with Gasteiger partial charge >= 0.3 is 5.69 Å². The summed E-state index contributed by atoms with van der Waals surface area (Å²) in [6, 6.07) is 17.8. The second-order valence-corrected chi connectivity index (χ2v) is 8.15. The van der Waals surface area contributed by atoms with Gasteiger partial charge in [0.1, 0.15) is 11.5 Å². The standard InChI is InChI=1S/C24H22N2O4S/c1-16-12-26(24(28)25-23(16)27)13-18-14-30-22(17-8-10-19(29-2)11-9-17)21(18)15-31-20-6-4-3-5-7-20/h3-12,14H,13,15H2,1-2H3,(H,25,27,28). The lowest BCUT2D eigenvalue weighted by molar-refractivity contribution is 0.415. The molecule has 0 unspecified atom stereocenters. The predicted molar refractivity (Wildman–Crippen MR) is 122 cm³/mol. The Labute approximate surface area is 183 Å². The van der Waals surface area contributed by atoms with E-state index in [0.29, 0.717) is 17.9 Å². The number of hydrogen-bond acceptors (Lipinski definition) is 5. The number of rotatable bonds is 7. The molecule has 2 aromatic heterocycles. The summed E-state index contributed by atoms with van der Waals surface area (Å²) in [4.78, 5) is 27.5. The summed E-state index contributed by atoms with van der Waals surface area (Å²) in [6.45, 7) is 1.99. The average Bonchev–Trinajstić information content (AvgIpc) is 3.19. The summed E-state index contributed by atoms with van der Waals surface area (Å²) in [5, 5.41) is 0. The van der Waals surface area contributed by atoms with Crippen LogP contribution in [0.4, 0.5) is 0 Å². The van der Waals surface area contributed by atoms with E-state index in [9.17, 15) is 9.59 Å².